The van der Waals surface area contributed by atoms with Crippen LogP contribution in [0.4, 0.5) is 16.6 Å². The van der Waals surface area contributed by atoms with E-state index in [2.05, 4.69) is 25.6 Å². The minimum absolute atomic E-state index is 0.256. The molecule has 0 spiro atoms. The molecule has 0 aliphatic rings. The van der Waals surface area contributed by atoms with E-state index < -0.39 is 0 Å². The van der Waals surface area contributed by atoms with Crippen LogP contribution in [0.5, 0.6) is 0 Å². The molecule has 128 valence electrons. The van der Waals surface area contributed by atoms with E-state index in [1.807, 2.05) is 54.0 Å². The number of nitrogens with zero attached hydrogens (tertiary/aromatic N) is 5. The molecular formula is C17H19N7O. The van der Waals surface area contributed by atoms with E-state index in [-0.39, 0.29) is 12.0 Å². The first-order valence-electron chi connectivity index (χ1n) is 7.75. The lowest BCUT2D eigenvalue weighted by molar-refractivity contribution is 0.251. The third-order valence-corrected chi connectivity index (χ3v) is 3.54. The number of urea groups is 1. The molecule has 2 N–H and O–H groups in total. The Hall–Kier alpha value is -3.42. The monoisotopic (exact) mass is 337 g/mol. The number of benzene rings is 1. The number of para-hydroxylation sites is 1. The van der Waals surface area contributed by atoms with Crippen LogP contribution in [0.15, 0.2) is 55.2 Å². The number of imidazole rings is 1. The van der Waals surface area contributed by atoms with Gasteiger partial charge >= 0.3 is 6.03 Å². The van der Waals surface area contributed by atoms with Crippen LogP contribution in [0, 0.1) is 0 Å². The Morgan fingerprint density at radius 3 is 2.80 bits per heavy atom. The summed E-state index contributed by atoms with van der Waals surface area (Å²) in [7, 11) is 3.75. The molecular weight excluding hydrogens is 318 g/mol. The second-order valence-corrected chi connectivity index (χ2v) is 5.54. The predicted molar refractivity (Wildman–Crippen MR) is 95.8 cm³/mol. The van der Waals surface area contributed by atoms with Crippen molar-refractivity contribution in [2.24, 2.45) is 0 Å². The number of carbonyl (C=O) groups is 1. The van der Waals surface area contributed by atoms with Crippen LogP contribution in [0.25, 0.3) is 5.69 Å². The van der Waals surface area contributed by atoms with Gasteiger partial charge in [-0.05, 0) is 17.7 Å². The maximum absolute atomic E-state index is 12.1. The van der Waals surface area contributed by atoms with Gasteiger partial charge in [0.1, 0.15) is 5.82 Å². The maximum atomic E-state index is 12.1. The fraction of sp³-hybridized carbons (Fsp3) is 0.176. The minimum atomic E-state index is -0.364. The Balaban J connectivity index is 1.65. The van der Waals surface area contributed by atoms with E-state index >= 15 is 0 Å². The number of anilines is 2. The number of aromatic nitrogens is 4. The van der Waals surface area contributed by atoms with Crippen molar-refractivity contribution < 1.29 is 4.79 Å². The second-order valence-electron chi connectivity index (χ2n) is 5.54. The van der Waals surface area contributed by atoms with E-state index in [1.54, 1.807) is 24.8 Å². The van der Waals surface area contributed by atoms with E-state index in [0.29, 0.717) is 6.54 Å². The SMILES string of the molecule is CN(C)c1ccnc(NC(=O)NCc2ccccc2-n2ccnc2)n1. The molecule has 0 bridgehead atoms. The summed E-state index contributed by atoms with van der Waals surface area (Å²) < 4.78 is 1.90. The van der Waals surface area contributed by atoms with Gasteiger partial charge in [-0.1, -0.05) is 18.2 Å². The van der Waals surface area contributed by atoms with Gasteiger partial charge in [0.05, 0.1) is 12.0 Å². The summed E-state index contributed by atoms with van der Waals surface area (Å²) >= 11 is 0. The normalized spacial score (nSPS) is 10.3. The maximum Gasteiger partial charge on any atom is 0.321 e. The van der Waals surface area contributed by atoms with Gasteiger partial charge < -0.3 is 14.8 Å². The van der Waals surface area contributed by atoms with Crippen molar-refractivity contribution in [2.45, 2.75) is 6.54 Å². The van der Waals surface area contributed by atoms with Crippen LogP contribution >= 0.6 is 0 Å². The Kier molecular flexibility index (Phi) is 4.89. The molecule has 25 heavy (non-hydrogen) atoms. The lowest BCUT2D eigenvalue weighted by Crippen LogP contribution is -2.29. The molecule has 2 aromatic heterocycles. The minimum Gasteiger partial charge on any atom is -0.363 e. The Morgan fingerprint density at radius 1 is 1.20 bits per heavy atom. The summed E-state index contributed by atoms with van der Waals surface area (Å²) in [6.07, 6.45) is 6.90. The topological polar surface area (TPSA) is 88.0 Å². The summed E-state index contributed by atoms with van der Waals surface area (Å²) in [5.74, 6) is 0.974. The van der Waals surface area contributed by atoms with Crippen LogP contribution in [0.3, 0.4) is 0 Å². The highest BCUT2D eigenvalue weighted by molar-refractivity contribution is 5.87. The van der Waals surface area contributed by atoms with Crippen molar-refractivity contribution >= 4 is 17.8 Å². The molecule has 2 amide bonds. The highest BCUT2D eigenvalue weighted by atomic mass is 16.2. The van der Waals surface area contributed by atoms with E-state index in [4.69, 9.17) is 0 Å². The number of carbonyl (C=O) groups excluding carboxylic acids is 1. The third-order valence-electron chi connectivity index (χ3n) is 3.54. The molecule has 0 aliphatic heterocycles. The number of rotatable bonds is 5. The Labute approximate surface area is 145 Å². The molecule has 0 fully saturated rings. The summed E-state index contributed by atoms with van der Waals surface area (Å²) in [5, 5.41) is 5.46. The number of nitrogens with one attached hydrogen (secondary N) is 2. The lowest BCUT2D eigenvalue weighted by Gasteiger charge is -2.13. The van der Waals surface area contributed by atoms with Crippen molar-refractivity contribution in [1.82, 2.24) is 24.8 Å². The molecule has 0 atom stereocenters. The van der Waals surface area contributed by atoms with Crippen LogP contribution in [-0.4, -0.2) is 39.6 Å². The summed E-state index contributed by atoms with van der Waals surface area (Å²) in [6, 6.07) is 9.21. The predicted octanol–water partition coefficient (Wildman–Crippen LogP) is 2.05. The van der Waals surface area contributed by atoms with Crippen molar-refractivity contribution in [1.29, 1.82) is 0 Å². The summed E-state index contributed by atoms with van der Waals surface area (Å²) in [6.45, 7) is 0.369. The van der Waals surface area contributed by atoms with Crippen LogP contribution in [0.2, 0.25) is 0 Å². The average Bonchev–Trinajstić information content (AvgIpc) is 3.15. The summed E-state index contributed by atoms with van der Waals surface area (Å²) in [4.78, 5) is 26.3. The first kappa shape index (κ1) is 16.4. The zero-order chi connectivity index (χ0) is 17.6. The van der Waals surface area contributed by atoms with Crippen molar-refractivity contribution in [2.75, 3.05) is 24.3 Å². The fourth-order valence-electron chi connectivity index (χ4n) is 2.29. The van der Waals surface area contributed by atoms with Gasteiger partial charge in [-0.3, -0.25) is 5.32 Å². The molecule has 0 saturated heterocycles. The van der Waals surface area contributed by atoms with Gasteiger partial charge in [-0.15, -0.1) is 0 Å². The standard InChI is InChI=1S/C17H19N7O/c1-23(2)15-7-8-19-16(21-15)22-17(25)20-11-13-5-3-4-6-14(13)24-10-9-18-12-24/h3-10,12H,11H2,1-2H3,(H2,19,20,21,22,25). The molecule has 3 rings (SSSR count). The van der Waals surface area contributed by atoms with E-state index in [9.17, 15) is 4.79 Å². The number of amides is 2. The third kappa shape index (κ3) is 4.11. The second kappa shape index (κ2) is 7.43. The largest absolute Gasteiger partial charge is 0.363 e. The van der Waals surface area contributed by atoms with Crippen molar-refractivity contribution in [3.8, 4) is 5.69 Å². The quantitative estimate of drug-likeness (QED) is 0.744. The van der Waals surface area contributed by atoms with Gasteiger partial charge in [0, 0.05) is 39.2 Å². The highest BCUT2D eigenvalue weighted by Gasteiger charge is 2.08. The zero-order valence-corrected chi connectivity index (χ0v) is 14.0. The van der Waals surface area contributed by atoms with Crippen molar-refractivity contribution in [3.05, 3.63) is 60.8 Å². The number of hydrogen-bond donors (Lipinski definition) is 2. The Bertz CT molecular complexity index is 846. The fourth-order valence-corrected chi connectivity index (χ4v) is 2.29. The van der Waals surface area contributed by atoms with Crippen LogP contribution in [-0.2, 0) is 6.54 Å². The Morgan fingerprint density at radius 2 is 2.04 bits per heavy atom. The number of hydrogen-bond acceptors (Lipinski definition) is 5. The molecule has 8 nitrogen and oxygen atoms in total. The van der Waals surface area contributed by atoms with E-state index in [1.165, 1.54) is 0 Å². The molecule has 1 aromatic carbocycles. The summed E-state index contributed by atoms with van der Waals surface area (Å²) in [5.41, 5.74) is 1.93. The first-order chi connectivity index (χ1) is 12.1. The van der Waals surface area contributed by atoms with Crippen molar-refractivity contribution in [3.63, 3.8) is 0 Å². The average molecular weight is 337 g/mol. The van der Waals surface area contributed by atoms with Crippen LogP contribution in [0.1, 0.15) is 5.56 Å². The molecule has 0 radical (unpaired) electrons. The molecule has 0 unspecified atom stereocenters. The molecule has 0 saturated carbocycles. The molecule has 8 heteroatoms. The van der Waals surface area contributed by atoms with Gasteiger partial charge in [-0.2, -0.15) is 4.98 Å². The lowest BCUT2D eigenvalue weighted by atomic mass is 10.2. The zero-order valence-electron chi connectivity index (χ0n) is 14.0. The molecule has 0 aliphatic carbocycles. The molecule has 3 aromatic rings. The van der Waals surface area contributed by atoms with Gasteiger partial charge in [0.25, 0.3) is 0 Å². The molecule has 2 heterocycles. The smallest absolute Gasteiger partial charge is 0.321 e. The van der Waals surface area contributed by atoms with Gasteiger partial charge in [-0.25, -0.2) is 14.8 Å². The first-order valence-corrected chi connectivity index (χ1v) is 7.75. The van der Waals surface area contributed by atoms with Gasteiger partial charge in [0.2, 0.25) is 5.95 Å². The van der Waals surface area contributed by atoms with Gasteiger partial charge in [0.15, 0.2) is 0 Å². The van der Waals surface area contributed by atoms with E-state index in [0.717, 1.165) is 17.1 Å². The van der Waals surface area contributed by atoms with Crippen LogP contribution < -0.4 is 15.5 Å². The highest BCUT2D eigenvalue weighted by Crippen LogP contribution is 2.14.